The molecule has 0 aliphatic carbocycles. The highest BCUT2D eigenvalue weighted by atomic mass is 31.2. The number of unbranched alkanes of at least 4 members (excludes halogenated alkanes) is 19. The van der Waals surface area contributed by atoms with Gasteiger partial charge in [0.05, 0.1) is 12.7 Å². The Morgan fingerprint density at radius 3 is 1.19 bits per heavy atom. The van der Waals surface area contributed by atoms with Crippen LogP contribution in [-0.2, 0) is 9.09 Å². The van der Waals surface area contributed by atoms with Gasteiger partial charge in [0.1, 0.15) is 6.10 Å². The van der Waals surface area contributed by atoms with Crippen LogP contribution in [0.1, 0.15) is 142 Å². The van der Waals surface area contributed by atoms with Crippen molar-refractivity contribution in [2.75, 3.05) is 6.61 Å². The van der Waals surface area contributed by atoms with Crippen molar-refractivity contribution in [1.82, 2.24) is 0 Å². The lowest BCUT2D eigenvalue weighted by Crippen LogP contribution is -2.30. The maximum Gasteiger partial charge on any atom is 0.469 e. The van der Waals surface area contributed by atoms with Crippen LogP contribution in [0.4, 0.5) is 0 Å². The van der Waals surface area contributed by atoms with Crippen molar-refractivity contribution in [3.8, 4) is 0 Å². The number of phosphoric acid groups is 1. The van der Waals surface area contributed by atoms with Crippen molar-refractivity contribution in [2.24, 2.45) is 0 Å². The van der Waals surface area contributed by atoms with E-state index in [4.69, 9.17) is 9.79 Å². The zero-order valence-corrected chi connectivity index (χ0v) is 21.7. The molecule has 0 radical (unpaired) electrons. The number of aliphatic hydroxyl groups excluding tert-OH is 2. The Hall–Kier alpha value is 0.0300. The van der Waals surface area contributed by atoms with Gasteiger partial charge in [0.15, 0.2) is 0 Å². The third kappa shape index (κ3) is 24.7. The van der Waals surface area contributed by atoms with Gasteiger partial charge in [-0.3, -0.25) is 4.52 Å². The molecule has 0 saturated heterocycles. The lowest BCUT2D eigenvalue weighted by Gasteiger charge is -2.17. The molecule has 0 aromatic heterocycles. The first-order valence-corrected chi connectivity index (χ1v) is 15.0. The van der Waals surface area contributed by atoms with Gasteiger partial charge in [-0.25, -0.2) is 4.57 Å². The van der Waals surface area contributed by atoms with Crippen LogP contribution in [-0.4, -0.2) is 38.8 Å². The molecule has 7 heteroatoms. The minimum absolute atomic E-state index is 0.421. The first-order valence-electron chi connectivity index (χ1n) is 13.4. The van der Waals surface area contributed by atoms with Crippen molar-refractivity contribution in [3.05, 3.63) is 0 Å². The Kier molecular flexibility index (Phi) is 22.8. The molecule has 194 valence electrons. The fourth-order valence-corrected chi connectivity index (χ4v) is 4.43. The van der Waals surface area contributed by atoms with Gasteiger partial charge in [0, 0.05) is 0 Å². The van der Waals surface area contributed by atoms with Gasteiger partial charge >= 0.3 is 7.82 Å². The van der Waals surface area contributed by atoms with Crippen molar-refractivity contribution in [2.45, 2.75) is 154 Å². The van der Waals surface area contributed by atoms with Gasteiger partial charge in [-0.15, -0.1) is 0 Å². The van der Waals surface area contributed by atoms with Crippen molar-refractivity contribution in [1.29, 1.82) is 0 Å². The summed E-state index contributed by atoms with van der Waals surface area (Å²) >= 11 is 0. The molecule has 0 fully saturated rings. The third-order valence-electron chi connectivity index (χ3n) is 6.21. The van der Waals surface area contributed by atoms with Crippen LogP contribution in [0, 0.1) is 0 Å². The zero-order chi connectivity index (χ0) is 23.9. The highest BCUT2D eigenvalue weighted by Gasteiger charge is 2.21. The number of rotatable bonds is 25. The van der Waals surface area contributed by atoms with E-state index < -0.39 is 26.6 Å². The highest BCUT2D eigenvalue weighted by molar-refractivity contribution is 7.46. The van der Waals surface area contributed by atoms with E-state index in [0.717, 1.165) is 19.3 Å². The minimum Gasteiger partial charge on any atom is -0.390 e. The largest absolute Gasteiger partial charge is 0.469 e. The predicted molar refractivity (Wildman–Crippen MR) is 133 cm³/mol. The predicted octanol–water partition coefficient (Wildman–Crippen LogP) is 7.03. The lowest BCUT2D eigenvalue weighted by molar-refractivity contribution is -0.0182. The van der Waals surface area contributed by atoms with E-state index in [2.05, 4.69) is 11.4 Å². The summed E-state index contributed by atoms with van der Waals surface area (Å²) in [6.45, 7) is 1.72. The third-order valence-corrected chi connectivity index (χ3v) is 6.70. The second-order valence-electron chi connectivity index (χ2n) is 9.43. The van der Waals surface area contributed by atoms with Crippen molar-refractivity contribution >= 4 is 7.82 Å². The number of hydrogen-bond donors (Lipinski definition) is 4. The molecule has 0 bridgehead atoms. The van der Waals surface area contributed by atoms with Crippen LogP contribution in [0.3, 0.4) is 0 Å². The maximum atomic E-state index is 10.6. The molecule has 2 atom stereocenters. The topological polar surface area (TPSA) is 107 Å². The molecule has 0 spiro atoms. The molecule has 0 rings (SSSR count). The van der Waals surface area contributed by atoms with Crippen LogP contribution < -0.4 is 0 Å². The van der Waals surface area contributed by atoms with Gasteiger partial charge in [0.2, 0.25) is 0 Å². The van der Waals surface area contributed by atoms with Gasteiger partial charge in [0.25, 0.3) is 0 Å². The van der Waals surface area contributed by atoms with E-state index in [1.807, 2.05) is 0 Å². The van der Waals surface area contributed by atoms with Gasteiger partial charge in [-0.2, -0.15) is 0 Å². The van der Waals surface area contributed by atoms with Crippen LogP contribution >= 0.6 is 7.82 Å². The molecule has 0 amide bonds. The molecule has 0 aromatic rings. The molecule has 0 saturated carbocycles. The summed E-state index contributed by atoms with van der Waals surface area (Å²) < 4.78 is 14.8. The molecular weight excluding hydrogens is 427 g/mol. The summed E-state index contributed by atoms with van der Waals surface area (Å²) in [4.78, 5) is 17.2. The normalized spacial score (nSPS) is 14.0. The SMILES string of the molecule is CCCCCCCCCCCCCCCCCCCCCCC(O)[C@@H](O)COP(=O)(O)O. The second-order valence-corrected chi connectivity index (χ2v) is 10.7. The van der Waals surface area contributed by atoms with Crippen LogP contribution in [0.5, 0.6) is 0 Å². The Bertz CT molecular complexity index is 429. The summed E-state index contributed by atoms with van der Waals surface area (Å²) in [7, 11) is -4.60. The van der Waals surface area contributed by atoms with E-state index in [9.17, 15) is 14.8 Å². The average Bonchev–Trinajstić information content (AvgIpc) is 2.75. The monoisotopic (exact) mass is 480 g/mol. The average molecular weight is 481 g/mol. The molecule has 4 N–H and O–H groups in total. The van der Waals surface area contributed by atoms with E-state index in [0.29, 0.717) is 6.42 Å². The molecular formula is C25H53O6P. The van der Waals surface area contributed by atoms with Gasteiger partial charge < -0.3 is 20.0 Å². The summed E-state index contributed by atoms with van der Waals surface area (Å²) in [5.74, 6) is 0. The first kappa shape index (κ1) is 32.0. The smallest absolute Gasteiger partial charge is 0.390 e. The molecule has 0 heterocycles. The second kappa shape index (κ2) is 22.8. The number of phosphoric ester groups is 1. The summed E-state index contributed by atoms with van der Waals surface area (Å²) in [5, 5.41) is 19.4. The van der Waals surface area contributed by atoms with E-state index in [-0.39, 0.29) is 0 Å². The molecule has 1 unspecified atom stereocenters. The lowest BCUT2D eigenvalue weighted by atomic mass is 10.0. The Balaban J connectivity index is 3.23. The minimum atomic E-state index is -4.60. The van der Waals surface area contributed by atoms with E-state index in [1.54, 1.807) is 0 Å². The van der Waals surface area contributed by atoms with Crippen molar-refractivity contribution in [3.63, 3.8) is 0 Å². The molecule has 0 aliphatic rings. The quantitative estimate of drug-likeness (QED) is 0.0825. The Labute approximate surface area is 197 Å². The zero-order valence-electron chi connectivity index (χ0n) is 20.8. The van der Waals surface area contributed by atoms with E-state index >= 15 is 0 Å². The number of hydrogen-bond acceptors (Lipinski definition) is 4. The van der Waals surface area contributed by atoms with E-state index in [1.165, 1.54) is 109 Å². The Morgan fingerprint density at radius 1 is 0.562 bits per heavy atom. The highest BCUT2D eigenvalue weighted by Crippen LogP contribution is 2.35. The van der Waals surface area contributed by atoms with Gasteiger partial charge in [-0.05, 0) is 6.42 Å². The summed E-state index contributed by atoms with van der Waals surface area (Å²) in [6, 6.07) is 0. The summed E-state index contributed by atoms with van der Waals surface area (Å²) in [6.07, 6.45) is 24.5. The van der Waals surface area contributed by atoms with Crippen LogP contribution in [0.25, 0.3) is 0 Å². The molecule has 32 heavy (non-hydrogen) atoms. The Morgan fingerprint density at radius 2 is 0.875 bits per heavy atom. The van der Waals surface area contributed by atoms with Gasteiger partial charge in [-0.1, -0.05) is 135 Å². The maximum absolute atomic E-state index is 10.6. The fraction of sp³-hybridized carbons (Fsp3) is 1.00. The first-order chi connectivity index (χ1) is 15.4. The summed E-state index contributed by atoms with van der Waals surface area (Å²) in [5.41, 5.74) is 0. The van der Waals surface area contributed by atoms with Crippen LogP contribution in [0.2, 0.25) is 0 Å². The molecule has 0 aliphatic heterocycles. The molecule has 6 nitrogen and oxygen atoms in total. The fourth-order valence-electron chi connectivity index (χ4n) is 4.09. The standard InChI is InChI=1S/C25H53O6P/c1-2-3-4-5-6-7-8-9-10-11-12-13-14-15-16-17-18-19-20-21-22-24(26)25(27)23-31-32(28,29)30/h24-27H,2-23H2,1H3,(H2,28,29,30)/t24?,25-/m0/s1. The van der Waals surface area contributed by atoms with Crippen molar-refractivity contribution < 1.29 is 29.1 Å². The number of aliphatic hydroxyl groups is 2. The molecule has 0 aromatic carbocycles. The van der Waals surface area contributed by atoms with Crippen LogP contribution in [0.15, 0.2) is 0 Å².